The molecule has 2 fully saturated rings. The number of primary amides is 1. The van der Waals surface area contributed by atoms with Crippen molar-refractivity contribution >= 4 is 40.5 Å². The molecule has 7 N–H and O–H groups in total. The summed E-state index contributed by atoms with van der Waals surface area (Å²) >= 11 is 0. The van der Waals surface area contributed by atoms with Gasteiger partial charge in [-0.05, 0) is 77.5 Å². The molecule has 1 aromatic rings. The number of benzene rings is 1. The van der Waals surface area contributed by atoms with Gasteiger partial charge in [0.05, 0.1) is 17.3 Å². The Morgan fingerprint density at radius 2 is 1.72 bits per heavy atom. The number of ketones is 2. The van der Waals surface area contributed by atoms with E-state index in [0.29, 0.717) is 24.1 Å². The lowest BCUT2D eigenvalue weighted by molar-refractivity contribution is -0.153. The number of likely N-dealkylation sites (N-methyl/N-ethyl adjacent to an activating group) is 1. The molecule has 3 aliphatic carbocycles. The molecule has 232 valence electrons. The van der Waals surface area contributed by atoms with Gasteiger partial charge in [-0.3, -0.25) is 24.1 Å². The third kappa shape index (κ3) is 4.57. The van der Waals surface area contributed by atoms with Crippen molar-refractivity contribution in [1.82, 2.24) is 9.80 Å². The smallest absolute Gasteiger partial charge is 0.255 e. The highest BCUT2D eigenvalue weighted by Gasteiger charge is 2.64. The second-order valence-corrected chi connectivity index (χ2v) is 12.6. The van der Waals surface area contributed by atoms with Crippen LogP contribution in [0.4, 0.5) is 11.4 Å². The number of hydrogen-bond donors (Lipinski definition) is 6. The van der Waals surface area contributed by atoms with Crippen LogP contribution in [-0.2, 0) is 25.6 Å². The van der Waals surface area contributed by atoms with Gasteiger partial charge in [0.2, 0.25) is 11.7 Å². The van der Waals surface area contributed by atoms with Crippen LogP contribution in [0.2, 0.25) is 0 Å². The number of aliphatic hydroxyl groups is 3. The number of hydrogen-bond acceptors (Lipinski definition) is 11. The number of carbonyl (C=O) groups excluding carboxylic acids is 4. The van der Waals surface area contributed by atoms with Gasteiger partial charge in [0.15, 0.2) is 11.4 Å². The van der Waals surface area contributed by atoms with Crippen molar-refractivity contribution in [3.63, 3.8) is 0 Å². The number of aliphatic hydroxyl groups excluding tert-OH is 2. The quantitative estimate of drug-likeness (QED) is 0.202. The third-order valence-electron chi connectivity index (χ3n) is 9.53. The first-order chi connectivity index (χ1) is 20.1. The molecule has 13 nitrogen and oxygen atoms in total. The van der Waals surface area contributed by atoms with E-state index in [9.17, 15) is 39.6 Å². The maximum atomic E-state index is 14.1. The van der Waals surface area contributed by atoms with E-state index in [2.05, 4.69) is 10.2 Å². The van der Waals surface area contributed by atoms with Crippen LogP contribution >= 0.6 is 0 Å². The van der Waals surface area contributed by atoms with Crippen molar-refractivity contribution in [2.24, 2.45) is 23.5 Å². The average Bonchev–Trinajstić information content (AvgIpc) is 2.92. The van der Waals surface area contributed by atoms with E-state index in [4.69, 9.17) is 5.73 Å². The lowest BCUT2D eigenvalue weighted by atomic mass is 9.57. The summed E-state index contributed by atoms with van der Waals surface area (Å²) in [5, 5.41) is 48.7. The Balaban J connectivity index is 1.64. The van der Waals surface area contributed by atoms with E-state index in [1.165, 1.54) is 4.90 Å². The zero-order valence-electron chi connectivity index (χ0n) is 25.0. The standard InChI is InChI=1S/C30H39N5O8/c1-33(2)18-12-17(32-29(42)13-6-8-35(5)9-7-13)23(36)20-15(18)10-14-11-16-22(34(3)4)25(38)21(28(31)41)27(40)30(16,43)26(39)19(14)24(20)37/h12-14,16,22,36-37,40,43H,6-11H2,1-5H3,(H2,31,41)(H,32,42)/t14-,16-,22-,30-/m0/s1. The summed E-state index contributed by atoms with van der Waals surface area (Å²) in [5.41, 5.74) is 2.66. The van der Waals surface area contributed by atoms with Crippen LogP contribution < -0.4 is 16.0 Å². The van der Waals surface area contributed by atoms with Crippen LogP contribution in [0.15, 0.2) is 23.0 Å². The Morgan fingerprint density at radius 1 is 1.09 bits per heavy atom. The molecule has 5 rings (SSSR count). The largest absolute Gasteiger partial charge is 0.508 e. The van der Waals surface area contributed by atoms with Crippen LogP contribution in [0, 0.1) is 17.8 Å². The maximum Gasteiger partial charge on any atom is 0.255 e. The number of nitrogens with one attached hydrogen (secondary N) is 1. The van der Waals surface area contributed by atoms with E-state index >= 15 is 0 Å². The van der Waals surface area contributed by atoms with E-state index in [0.717, 1.165) is 13.1 Å². The number of Topliss-reactive ketones (excluding diaryl/α,β-unsaturated/α-hetero) is 2. The molecule has 1 saturated carbocycles. The first kappa shape index (κ1) is 30.5. The molecule has 4 atom stereocenters. The molecule has 0 bridgehead atoms. The van der Waals surface area contributed by atoms with Crippen molar-refractivity contribution < 1.29 is 39.6 Å². The topological polar surface area (TPSA) is 197 Å². The minimum Gasteiger partial charge on any atom is -0.508 e. The summed E-state index contributed by atoms with van der Waals surface area (Å²) in [7, 11) is 8.63. The summed E-state index contributed by atoms with van der Waals surface area (Å²) in [6.45, 7) is 1.52. The van der Waals surface area contributed by atoms with Gasteiger partial charge in [-0.2, -0.15) is 0 Å². The van der Waals surface area contributed by atoms with E-state index in [1.807, 2.05) is 7.05 Å². The van der Waals surface area contributed by atoms with E-state index < -0.39 is 63.8 Å². The molecule has 1 heterocycles. The van der Waals surface area contributed by atoms with Gasteiger partial charge in [-0.25, -0.2) is 0 Å². The fourth-order valence-electron chi connectivity index (χ4n) is 7.29. The normalized spacial score (nSPS) is 28.0. The number of aromatic hydroxyl groups is 1. The van der Waals surface area contributed by atoms with Crippen molar-refractivity contribution in [3.8, 4) is 5.75 Å². The van der Waals surface area contributed by atoms with Crippen LogP contribution in [0.5, 0.6) is 5.75 Å². The van der Waals surface area contributed by atoms with E-state index in [-0.39, 0.29) is 41.5 Å². The Labute approximate surface area is 249 Å². The first-order valence-corrected chi connectivity index (χ1v) is 14.3. The molecule has 1 aromatic carbocycles. The fourth-order valence-corrected chi connectivity index (χ4v) is 7.29. The summed E-state index contributed by atoms with van der Waals surface area (Å²) < 4.78 is 0. The number of likely N-dealkylation sites (tertiary alicyclic amines) is 1. The molecule has 0 radical (unpaired) electrons. The molecule has 13 heteroatoms. The predicted octanol–water partition coefficient (Wildman–Crippen LogP) is 0.310. The van der Waals surface area contributed by atoms with Gasteiger partial charge >= 0.3 is 0 Å². The summed E-state index contributed by atoms with van der Waals surface area (Å²) in [4.78, 5) is 58.1. The Morgan fingerprint density at radius 3 is 2.28 bits per heavy atom. The molecular weight excluding hydrogens is 558 g/mol. The number of piperidine rings is 1. The van der Waals surface area contributed by atoms with Gasteiger partial charge in [-0.15, -0.1) is 0 Å². The van der Waals surface area contributed by atoms with Crippen LogP contribution in [0.25, 0.3) is 5.76 Å². The first-order valence-electron chi connectivity index (χ1n) is 14.3. The van der Waals surface area contributed by atoms with Crippen LogP contribution in [0.3, 0.4) is 0 Å². The monoisotopic (exact) mass is 597 g/mol. The molecule has 1 aliphatic heterocycles. The van der Waals surface area contributed by atoms with Gasteiger partial charge in [-0.1, -0.05) is 0 Å². The number of rotatable bonds is 5. The lowest BCUT2D eigenvalue weighted by Crippen LogP contribution is -2.65. The Kier molecular flexibility index (Phi) is 7.56. The number of fused-ring (bicyclic) bond motifs is 3. The van der Waals surface area contributed by atoms with Crippen LogP contribution in [0.1, 0.15) is 30.4 Å². The summed E-state index contributed by atoms with van der Waals surface area (Å²) in [5.74, 6) is -7.73. The molecule has 0 spiro atoms. The molecule has 0 aromatic heterocycles. The van der Waals surface area contributed by atoms with Gasteiger partial charge < -0.3 is 41.3 Å². The minimum absolute atomic E-state index is 0.00595. The molecule has 2 amide bonds. The number of phenols is 1. The highest BCUT2D eigenvalue weighted by atomic mass is 16.3. The fraction of sp³-hybridized carbons (Fsp3) is 0.533. The highest BCUT2D eigenvalue weighted by Crippen LogP contribution is 2.54. The number of phenolic OH excluding ortho intramolecular Hbond substituents is 1. The van der Waals surface area contributed by atoms with Crippen molar-refractivity contribution in [3.05, 3.63) is 34.1 Å². The second-order valence-electron chi connectivity index (χ2n) is 12.6. The lowest BCUT2D eigenvalue weighted by Gasteiger charge is -2.50. The van der Waals surface area contributed by atoms with Crippen molar-refractivity contribution in [2.75, 3.05) is 58.5 Å². The number of nitrogens with two attached hydrogens (primary N) is 1. The van der Waals surface area contributed by atoms with Crippen molar-refractivity contribution in [2.45, 2.75) is 37.3 Å². The molecule has 4 aliphatic rings. The predicted molar refractivity (Wildman–Crippen MR) is 157 cm³/mol. The number of carbonyl (C=O) groups is 4. The minimum atomic E-state index is -2.72. The average molecular weight is 598 g/mol. The molecule has 0 unspecified atom stereocenters. The number of anilines is 2. The Bertz CT molecular complexity index is 1490. The molecular formula is C30H39N5O8. The molecule has 43 heavy (non-hydrogen) atoms. The Hall–Kier alpha value is -3.94. The molecule has 1 saturated heterocycles. The second kappa shape index (κ2) is 10.6. The van der Waals surface area contributed by atoms with Crippen LogP contribution in [-0.4, -0.2) is 114 Å². The zero-order chi connectivity index (χ0) is 31.7. The van der Waals surface area contributed by atoms with Gasteiger partial charge in [0.25, 0.3) is 5.91 Å². The SMILES string of the molecule is CN1CCC(C(=O)Nc2cc(N(C)C)c3c(c2O)C(O)=C2C(=O)[C@]4(O)C(O)=C(C(N)=O)C(=O)[C@@H](N(C)C)[C@@H]4C[C@@H]2C3)CC1. The third-order valence-corrected chi connectivity index (χ3v) is 9.53. The number of amides is 2. The summed E-state index contributed by atoms with van der Waals surface area (Å²) in [6.07, 6.45) is 1.45. The zero-order valence-corrected chi connectivity index (χ0v) is 25.0. The highest BCUT2D eigenvalue weighted by molar-refractivity contribution is 6.24. The van der Waals surface area contributed by atoms with E-state index in [1.54, 1.807) is 39.2 Å². The summed E-state index contributed by atoms with van der Waals surface area (Å²) in [6, 6.07) is 0.470. The van der Waals surface area contributed by atoms with Crippen molar-refractivity contribution in [1.29, 1.82) is 0 Å². The maximum absolute atomic E-state index is 14.1. The van der Waals surface area contributed by atoms with Gasteiger partial charge in [0.1, 0.15) is 22.8 Å². The number of nitrogens with zero attached hydrogens (tertiary/aromatic N) is 3. The van der Waals surface area contributed by atoms with Gasteiger partial charge in [0, 0.05) is 37.2 Å².